The Bertz CT molecular complexity index is 1960. The highest BCUT2D eigenvalue weighted by atomic mass is 35.7. The summed E-state index contributed by atoms with van der Waals surface area (Å²) in [4.78, 5) is 55.6. The van der Waals surface area contributed by atoms with Crippen LogP contribution in [0, 0.1) is 10.2 Å². The van der Waals surface area contributed by atoms with Gasteiger partial charge in [-0.2, -0.15) is 0 Å². The molecule has 1 aliphatic carbocycles. The third-order valence-corrected chi connectivity index (χ3v) is 9.07. The molecule has 0 radical (unpaired) electrons. The highest BCUT2D eigenvalue weighted by molar-refractivity contribution is 7.21. The maximum atomic E-state index is 13.9. The van der Waals surface area contributed by atoms with Crippen molar-refractivity contribution in [3.8, 4) is 21.6 Å². The Morgan fingerprint density at radius 2 is 1.56 bits per heavy atom. The van der Waals surface area contributed by atoms with Crippen molar-refractivity contribution in [3.05, 3.63) is 83.7 Å². The highest BCUT2D eigenvalue weighted by Crippen LogP contribution is 2.44. The van der Waals surface area contributed by atoms with E-state index in [2.05, 4.69) is 51.2 Å². The normalized spacial score (nSPS) is 12.6. The average molecular weight is 724 g/mol. The lowest BCUT2D eigenvalue weighted by atomic mass is 9.91. The summed E-state index contributed by atoms with van der Waals surface area (Å²) in [6, 6.07) is 20.6. The van der Waals surface area contributed by atoms with Crippen LogP contribution in [0.15, 0.2) is 72.8 Å². The largest absolute Gasteiger partial charge is 0.378 e. The minimum atomic E-state index is -4.94. The van der Waals surface area contributed by atoms with Crippen LogP contribution in [0.25, 0.3) is 31.7 Å². The Balaban J connectivity index is 0.00000105. The molecule has 0 saturated heterocycles. The molecular formula is C35H38ClN5O8S. The van der Waals surface area contributed by atoms with Gasteiger partial charge in [-0.05, 0) is 41.8 Å². The zero-order valence-electron chi connectivity index (χ0n) is 28.3. The molecule has 264 valence electrons. The van der Waals surface area contributed by atoms with Crippen molar-refractivity contribution in [1.82, 2.24) is 19.7 Å². The van der Waals surface area contributed by atoms with Gasteiger partial charge in [0.1, 0.15) is 14.1 Å². The molecule has 13 nitrogen and oxygen atoms in total. The lowest BCUT2D eigenvalue weighted by Crippen LogP contribution is -2.68. The van der Waals surface area contributed by atoms with Gasteiger partial charge in [0.15, 0.2) is 0 Å². The molecule has 0 aromatic heterocycles. The fraction of sp³-hybridized carbons (Fsp3) is 0.286. The van der Waals surface area contributed by atoms with Crippen LogP contribution in [0.2, 0.25) is 0 Å². The molecule has 15 heteroatoms. The summed E-state index contributed by atoms with van der Waals surface area (Å²) in [5.74, 6) is -1.05. The molecule has 2 aromatic carbocycles. The van der Waals surface area contributed by atoms with Crippen LogP contribution < -0.4 is 38.8 Å². The van der Waals surface area contributed by atoms with Crippen molar-refractivity contribution >= 4 is 50.7 Å². The van der Waals surface area contributed by atoms with Crippen molar-refractivity contribution < 1.29 is 48.1 Å². The van der Waals surface area contributed by atoms with Crippen LogP contribution in [0.3, 0.4) is 0 Å². The minimum Gasteiger partial charge on any atom is -0.378 e. The molecule has 3 aliphatic rings. The van der Waals surface area contributed by atoms with E-state index >= 15 is 0 Å². The molecule has 50 heavy (non-hydrogen) atoms. The molecule has 1 N–H and O–H groups in total. The number of imide groups is 1. The van der Waals surface area contributed by atoms with Gasteiger partial charge < -0.3 is 15.1 Å². The maximum Gasteiger partial charge on any atom is 0.254 e. The predicted octanol–water partition coefficient (Wildman–Crippen LogP) is -1.09. The number of hydrogen-bond donors (Lipinski definition) is 1. The van der Waals surface area contributed by atoms with Crippen LogP contribution >= 0.6 is 11.3 Å². The molecule has 0 saturated carbocycles. The van der Waals surface area contributed by atoms with Crippen LogP contribution in [0.4, 0.5) is 5.69 Å². The number of carbonyl (C=O) groups is 4. The zero-order chi connectivity index (χ0) is 36.7. The Morgan fingerprint density at radius 1 is 0.900 bits per heavy atom. The molecule has 2 aromatic rings. The minimum absolute atomic E-state index is 0.117. The summed E-state index contributed by atoms with van der Waals surface area (Å²) < 4.78 is 37.2. The van der Waals surface area contributed by atoms with E-state index in [-0.39, 0.29) is 43.1 Å². The number of hydrogen-bond acceptors (Lipinski definition) is 10. The third-order valence-electron chi connectivity index (χ3n) is 7.95. The van der Waals surface area contributed by atoms with E-state index in [4.69, 9.17) is 18.6 Å². The van der Waals surface area contributed by atoms with Crippen molar-refractivity contribution in [3.63, 3.8) is 0 Å². The van der Waals surface area contributed by atoms with Crippen molar-refractivity contribution in [1.29, 1.82) is 0 Å². The van der Waals surface area contributed by atoms with E-state index in [0.717, 1.165) is 47.6 Å². The van der Waals surface area contributed by atoms with E-state index in [1.165, 1.54) is 12.2 Å². The first-order valence-corrected chi connectivity index (χ1v) is 17.6. The lowest BCUT2D eigenvalue weighted by Gasteiger charge is -2.22. The second-order valence-electron chi connectivity index (χ2n) is 11.9. The predicted molar refractivity (Wildman–Crippen MR) is 180 cm³/mol. The SMILES string of the molecule is CN(CCCC(=O)NCCN1C(=O)C=CC1=O)C(=O)c1ccccc1-c1c2ccc(=[N+](C)C)cc-2sc2cc(N(C)C)ccc12.[O-][Cl+3]([O-])([O-])[O-]. The summed E-state index contributed by atoms with van der Waals surface area (Å²) in [5, 5.41) is 4.94. The Labute approximate surface area is 295 Å². The molecule has 0 spiro atoms. The summed E-state index contributed by atoms with van der Waals surface area (Å²) in [5.41, 5.74) is 4.69. The average Bonchev–Trinajstić information content (AvgIpc) is 3.37. The Hall–Kier alpha value is -4.70. The topological polar surface area (TPSA) is 185 Å². The van der Waals surface area contributed by atoms with Crippen molar-refractivity contribution in [2.75, 3.05) is 59.8 Å². The van der Waals surface area contributed by atoms with Crippen molar-refractivity contribution in [2.45, 2.75) is 12.8 Å². The smallest absolute Gasteiger partial charge is 0.254 e. The highest BCUT2D eigenvalue weighted by Gasteiger charge is 2.24. The first kappa shape index (κ1) is 38.1. The monoisotopic (exact) mass is 723 g/mol. The number of halogens is 1. The number of nitrogens with one attached hydrogen (secondary N) is 1. The molecule has 2 aliphatic heterocycles. The number of carbonyl (C=O) groups excluding carboxylic acids is 4. The first-order valence-electron chi connectivity index (χ1n) is 15.5. The molecular weight excluding hydrogens is 686 g/mol. The van der Waals surface area contributed by atoms with E-state index in [0.29, 0.717) is 18.5 Å². The number of amides is 4. The second-order valence-corrected chi connectivity index (χ2v) is 13.7. The molecule has 5 rings (SSSR count). The fourth-order valence-electron chi connectivity index (χ4n) is 5.43. The van der Waals surface area contributed by atoms with Gasteiger partial charge in [-0.3, -0.25) is 24.1 Å². The second kappa shape index (κ2) is 16.3. The van der Waals surface area contributed by atoms with Gasteiger partial charge in [-0.15, -0.1) is 21.6 Å². The van der Waals surface area contributed by atoms with E-state index in [1.54, 1.807) is 23.3 Å². The number of nitrogens with zero attached hydrogens (tertiary/aromatic N) is 4. The van der Waals surface area contributed by atoms with E-state index in [9.17, 15) is 19.2 Å². The number of benzene rings is 3. The van der Waals surface area contributed by atoms with Gasteiger partial charge in [-0.25, -0.2) is 23.2 Å². The Morgan fingerprint density at radius 3 is 2.20 bits per heavy atom. The molecule has 0 unspecified atom stereocenters. The third kappa shape index (κ3) is 9.72. The lowest BCUT2D eigenvalue weighted by molar-refractivity contribution is -2.00. The van der Waals surface area contributed by atoms with Gasteiger partial charge >= 0.3 is 0 Å². The summed E-state index contributed by atoms with van der Waals surface area (Å²) >= 11 is 1.74. The summed E-state index contributed by atoms with van der Waals surface area (Å²) in [6.45, 7) is 0.707. The van der Waals surface area contributed by atoms with Crippen LogP contribution in [0.1, 0.15) is 23.2 Å². The van der Waals surface area contributed by atoms with Gasteiger partial charge in [0, 0.05) is 103 Å². The first-order chi connectivity index (χ1) is 23.5. The zero-order valence-corrected chi connectivity index (χ0v) is 29.9. The van der Waals surface area contributed by atoms with E-state index < -0.39 is 10.2 Å². The molecule has 4 amide bonds. The van der Waals surface area contributed by atoms with Gasteiger partial charge in [0.2, 0.25) is 11.3 Å². The van der Waals surface area contributed by atoms with Gasteiger partial charge in [0.25, 0.3) is 17.7 Å². The number of rotatable bonds is 10. The van der Waals surface area contributed by atoms with E-state index in [1.807, 2.05) is 52.5 Å². The number of fused-ring (bicyclic) bond motifs is 2. The number of anilines is 1. The van der Waals surface area contributed by atoms with Crippen LogP contribution in [-0.4, -0.2) is 88.3 Å². The quantitative estimate of drug-likeness (QED) is 0.121. The summed E-state index contributed by atoms with van der Waals surface area (Å²) in [6.07, 6.45) is 3.14. The van der Waals surface area contributed by atoms with Crippen LogP contribution in [0.5, 0.6) is 0 Å². The van der Waals surface area contributed by atoms with Gasteiger partial charge in [-0.1, -0.05) is 24.3 Å². The summed E-state index contributed by atoms with van der Waals surface area (Å²) in [7, 11) is 4.93. The standard InChI is InChI=1S/C35H37N5O4S.ClHO4/c1-37(2)23-12-14-27-29(21-23)45-30-22-24(38(3)4)13-15-28(30)34(27)25-9-6-7-10-26(25)35(44)39(5)19-8-11-31(41)36-18-20-40-32(42)16-17-33(40)43;2-1(3,4)5/h6-7,9-10,12-17,21-22H,8,11,18-20H2,1-5H3;(H,2,3,4,5). The van der Waals surface area contributed by atoms with Crippen LogP contribution in [-0.2, 0) is 14.4 Å². The molecule has 0 atom stereocenters. The molecule has 0 fully saturated rings. The fourth-order valence-corrected chi connectivity index (χ4v) is 6.59. The van der Waals surface area contributed by atoms with Gasteiger partial charge in [0.05, 0.1) is 0 Å². The molecule has 0 bridgehead atoms. The Kier molecular flexibility index (Phi) is 12.5. The maximum absolute atomic E-state index is 13.9. The molecule has 2 heterocycles. The van der Waals surface area contributed by atoms with Crippen molar-refractivity contribution in [2.24, 2.45) is 0 Å².